The van der Waals surface area contributed by atoms with Crippen LogP contribution >= 0.6 is 0 Å². The van der Waals surface area contributed by atoms with Crippen molar-refractivity contribution in [3.05, 3.63) is 11.4 Å². The number of aromatic nitrogens is 3. The number of hydrogen-bond donors (Lipinski definition) is 2. The van der Waals surface area contributed by atoms with Crippen molar-refractivity contribution < 1.29 is 9.53 Å². The van der Waals surface area contributed by atoms with E-state index in [1.165, 1.54) is 0 Å². The van der Waals surface area contributed by atoms with Crippen LogP contribution in [0.1, 0.15) is 17.8 Å². The average molecular weight is 251 g/mol. The predicted molar refractivity (Wildman–Crippen MR) is 65.2 cm³/mol. The van der Waals surface area contributed by atoms with Gasteiger partial charge in [-0.3, -0.25) is 10.1 Å². The van der Waals surface area contributed by atoms with Gasteiger partial charge in [0.05, 0.1) is 30.5 Å². The molecule has 0 spiro atoms. The lowest BCUT2D eigenvalue weighted by Gasteiger charge is -2.22. The molecule has 7 nitrogen and oxygen atoms in total. The van der Waals surface area contributed by atoms with Crippen molar-refractivity contribution in [2.75, 3.05) is 25.0 Å². The van der Waals surface area contributed by atoms with Gasteiger partial charge in [-0.25, -0.2) is 4.98 Å². The maximum Gasteiger partial charge on any atom is 0.249 e. The van der Waals surface area contributed by atoms with E-state index in [-0.39, 0.29) is 18.0 Å². The molecule has 1 aromatic heterocycles. The molecule has 7 heteroatoms. The predicted octanol–water partition coefficient (Wildman–Crippen LogP) is -0.195. The van der Waals surface area contributed by atoms with Gasteiger partial charge in [0.15, 0.2) is 0 Å². The molecule has 1 aliphatic heterocycles. The number of hydrogen-bond acceptors (Lipinski definition) is 6. The Bertz CT molecular complexity index is 431. The van der Waals surface area contributed by atoms with Gasteiger partial charge in [0.2, 0.25) is 11.9 Å². The minimum atomic E-state index is -0.159. The van der Waals surface area contributed by atoms with Gasteiger partial charge < -0.3 is 10.1 Å². The first-order valence-corrected chi connectivity index (χ1v) is 5.95. The van der Waals surface area contributed by atoms with E-state index in [1.54, 1.807) is 0 Å². The first kappa shape index (κ1) is 12.8. The third-order valence-electron chi connectivity index (χ3n) is 2.76. The molecule has 98 valence electrons. The van der Waals surface area contributed by atoms with Crippen LogP contribution in [-0.4, -0.2) is 46.9 Å². The molecule has 0 radical (unpaired) electrons. The van der Waals surface area contributed by atoms with Crippen LogP contribution in [0.2, 0.25) is 0 Å². The quantitative estimate of drug-likeness (QED) is 0.773. The molecule has 0 saturated carbocycles. The molecule has 1 fully saturated rings. The number of rotatable bonds is 3. The molecule has 18 heavy (non-hydrogen) atoms. The molecule has 0 bridgehead atoms. The van der Waals surface area contributed by atoms with Crippen molar-refractivity contribution >= 4 is 11.9 Å². The topological polar surface area (TPSA) is 89.0 Å². The number of nitrogens with zero attached hydrogens (tertiary/aromatic N) is 3. The maximum absolute atomic E-state index is 11.8. The van der Waals surface area contributed by atoms with Crippen molar-refractivity contribution in [1.29, 1.82) is 0 Å². The lowest BCUT2D eigenvalue weighted by atomic mass is 10.2. The highest BCUT2D eigenvalue weighted by Crippen LogP contribution is 2.05. The second-order valence-corrected chi connectivity index (χ2v) is 4.26. The highest BCUT2D eigenvalue weighted by molar-refractivity contribution is 5.89. The van der Waals surface area contributed by atoms with E-state index in [0.717, 1.165) is 17.9 Å². The highest BCUT2D eigenvalue weighted by Gasteiger charge is 2.18. The Balaban J connectivity index is 1.88. The summed E-state index contributed by atoms with van der Waals surface area (Å²) in [7, 11) is 0. The molecular formula is C11H17N5O2. The maximum atomic E-state index is 11.8. The first-order valence-electron chi connectivity index (χ1n) is 5.95. The molecule has 1 aliphatic rings. The van der Waals surface area contributed by atoms with Crippen molar-refractivity contribution in [2.45, 2.75) is 26.4 Å². The van der Waals surface area contributed by atoms with E-state index in [9.17, 15) is 4.79 Å². The fraction of sp³-hybridized carbons (Fsp3) is 0.636. The zero-order valence-corrected chi connectivity index (χ0v) is 10.6. The van der Waals surface area contributed by atoms with Gasteiger partial charge in [-0.1, -0.05) is 0 Å². The van der Waals surface area contributed by atoms with Gasteiger partial charge >= 0.3 is 0 Å². The summed E-state index contributed by atoms with van der Waals surface area (Å²) in [4.78, 5) is 15.9. The Kier molecular flexibility index (Phi) is 4.16. The lowest BCUT2D eigenvalue weighted by Crippen LogP contribution is -2.40. The highest BCUT2D eigenvalue weighted by atomic mass is 16.5. The number of aryl methyl sites for hydroxylation is 2. The van der Waals surface area contributed by atoms with Crippen LogP contribution in [0.5, 0.6) is 0 Å². The van der Waals surface area contributed by atoms with Crippen LogP contribution in [0.15, 0.2) is 0 Å². The van der Waals surface area contributed by atoms with Gasteiger partial charge in [-0.15, -0.1) is 5.10 Å². The summed E-state index contributed by atoms with van der Waals surface area (Å²) >= 11 is 0. The number of carbonyl (C=O) groups is 1. The van der Waals surface area contributed by atoms with Crippen LogP contribution in [0.3, 0.4) is 0 Å². The molecule has 1 aromatic rings. The van der Waals surface area contributed by atoms with E-state index in [4.69, 9.17) is 4.74 Å². The summed E-state index contributed by atoms with van der Waals surface area (Å²) in [6, 6.07) is 0. The Morgan fingerprint density at radius 1 is 1.44 bits per heavy atom. The summed E-state index contributed by atoms with van der Waals surface area (Å²) in [5.41, 5.74) is 1.52. The number of carbonyl (C=O) groups excluding carboxylic acids is 1. The van der Waals surface area contributed by atoms with Gasteiger partial charge in [-0.05, 0) is 13.8 Å². The molecule has 1 atom stereocenters. The van der Waals surface area contributed by atoms with Crippen LogP contribution in [0.4, 0.5) is 5.95 Å². The zero-order chi connectivity index (χ0) is 13.0. The molecular weight excluding hydrogens is 234 g/mol. The van der Waals surface area contributed by atoms with E-state index in [2.05, 4.69) is 25.8 Å². The van der Waals surface area contributed by atoms with E-state index in [0.29, 0.717) is 19.6 Å². The molecule has 1 saturated heterocycles. The van der Waals surface area contributed by atoms with Crippen LogP contribution in [0.25, 0.3) is 0 Å². The minimum Gasteiger partial charge on any atom is -0.375 e. The third kappa shape index (κ3) is 3.44. The number of anilines is 1. The van der Waals surface area contributed by atoms with Crippen LogP contribution in [-0.2, 0) is 9.53 Å². The zero-order valence-electron chi connectivity index (χ0n) is 10.6. The van der Waals surface area contributed by atoms with Crippen molar-refractivity contribution in [3.63, 3.8) is 0 Å². The van der Waals surface area contributed by atoms with E-state index in [1.807, 2.05) is 13.8 Å². The largest absolute Gasteiger partial charge is 0.375 e. The smallest absolute Gasteiger partial charge is 0.249 e. The number of nitrogens with one attached hydrogen (secondary N) is 2. The normalized spacial score (nSPS) is 19.6. The number of amides is 1. The molecule has 2 heterocycles. The SMILES string of the molecule is Cc1nnc(NC(=O)CC2CNCCO2)nc1C. The summed E-state index contributed by atoms with van der Waals surface area (Å²) in [5.74, 6) is 0.0839. The van der Waals surface area contributed by atoms with Gasteiger partial charge in [0.25, 0.3) is 0 Å². The molecule has 0 aromatic carbocycles. The number of ether oxygens (including phenoxy) is 1. The summed E-state index contributed by atoms with van der Waals surface area (Å²) in [6.45, 7) is 5.82. The summed E-state index contributed by atoms with van der Waals surface area (Å²) < 4.78 is 5.45. The monoisotopic (exact) mass is 251 g/mol. The Morgan fingerprint density at radius 3 is 2.94 bits per heavy atom. The van der Waals surface area contributed by atoms with Crippen molar-refractivity contribution in [3.8, 4) is 0 Å². The Hall–Kier alpha value is -1.60. The van der Waals surface area contributed by atoms with Crippen molar-refractivity contribution in [1.82, 2.24) is 20.5 Å². The van der Waals surface area contributed by atoms with Gasteiger partial charge in [0, 0.05) is 13.1 Å². The second-order valence-electron chi connectivity index (χ2n) is 4.26. The molecule has 1 unspecified atom stereocenters. The van der Waals surface area contributed by atoms with Gasteiger partial charge in [-0.2, -0.15) is 5.10 Å². The summed E-state index contributed by atoms with van der Waals surface area (Å²) in [5, 5.41) is 13.5. The van der Waals surface area contributed by atoms with Gasteiger partial charge in [0.1, 0.15) is 0 Å². The fourth-order valence-corrected chi connectivity index (χ4v) is 1.64. The van der Waals surface area contributed by atoms with Crippen molar-refractivity contribution in [2.24, 2.45) is 0 Å². The lowest BCUT2D eigenvalue weighted by molar-refractivity contribution is -0.119. The average Bonchev–Trinajstić information content (AvgIpc) is 2.35. The Morgan fingerprint density at radius 2 is 2.28 bits per heavy atom. The number of morpholine rings is 1. The fourth-order valence-electron chi connectivity index (χ4n) is 1.64. The first-order chi connectivity index (χ1) is 8.65. The Labute approximate surface area is 105 Å². The molecule has 2 N–H and O–H groups in total. The van der Waals surface area contributed by atoms with Crippen LogP contribution < -0.4 is 10.6 Å². The molecule has 2 rings (SSSR count). The summed E-state index contributed by atoms with van der Waals surface area (Å²) in [6.07, 6.45) is 0.210. The second kappa shape index (κ2) is 5.83. The minimum absolute atomic E-state index is 0.0849. The molecule has 1 amide bonds. The van der Waals surface area contributed by atoms with E-state index < -0.39 is 0 Å². The third-order valence-corrected chi connectivity index (χ3v) is 2.76. The standard InChI is InChI=1S/C11H17N5O2/c1-7-8(2)15-16-11(13-7)14-10(17)5-9-6-12-3-4-18-9/h9,12H,3-6H2,1-2H3,(H,13,14,16,17). The molecule has 0 aliphatic carbocycles. The van der Waals surface area contributed by atoms with Crippen LogP contribution in [0, 0.1) is 13.8 Å². The van der Waals surface area contributed by atoms with E-state index >= 15 is 0 Å².